The lowest BCUT2D eigenvalue weighted by atomic mass is 9.90. The molecule has 5 heterocycles. The van der Waals surface area contributed by atoms with Gasteiger partial charge in [-0.1, -0.05) is 30.3 Å². The summed E-state index contributed by atoms with van der Waals surface area (Å²) in [4.78, 5) is 66.5. The smallest absolute Gasteiger partial charge is 0.336 e. The molecular formula is C52H45N7O9. The van der Waals surface area contributed by atoms with Crippen LogP contribution in [0.3, 0.4) is 0 Å². The lowest BCUT2D eigenvalue weighted by molar-refractivity contribution is -0.131. The Morgan fingerprint density at radius 3 is 2.31 bits per heavy atom. The van der Waals surface area contributed by atoms with E-state index in [4.69, 9.17) is 13.9 Å². The maximum absolute atomic E-state index is 13.3. The van der Waals surface area contributed by atoms with Crippen LogP contribution >= 0.6 is 0 Å². The molecule has 0 unspecified atom stereocenters. The number of amides is 2. The Hall–Kier alpha value is -8.34. The van der Waals surface area contributed by atoms with Gasteiger partial charge in [0, 0.05) is 105 Å². The molecular weight excluding hydrogens is 867 g/mol. The number of aromatic nitrogens is 3. The monoisotopic (exact) mass is 911 g/mol. The fourth-order valence-electron chi connectivity index (χ4n) is 8.73. The first kappa shape index (κ1) is 43.5. The highest BCUT2D eigenvalue weighted by Gasteiger charge is 2.32. The maximum atomic E-state index is 13.3. The van der Waals surface area contributed by atoms with E-state index in [1.165, 1.54) is 36.7 Å². The van der Waals surface area contributed by atoms with Gasteiger partial charge < -0.3 is 38.9 Å². The SMILES string of the molecule is O=C(NCCN1CCN(CC=CC(=O)N2CC(n3ccc4ncnc(Oc5ccc(Oc6ccccc6)cc5)c43)C2)CC1)c1ccc(-c2c3ccc(=O)cc-3oc3cc(O)ccc23)c(C(=O)O)c1. The van der Waals surface area contributed by atoms with Crippen molar-refractivity contribution in [2.45, 2.75) is 6.04 Å². The van der Waals surface area contributed by atoms with E-state index < -0.39 is 11.9 Å². The molecule has 0 spiro atoms. The lowest BCUT2D eigenvalue weighted by Crippen LogP contribution is -2.50. The highest BCUT2D eigenvalue weighted by Crippen LogP contribution is 2.42. The minimum Gasteiger partial charge on any atom is -0.508 e. The van der Waals surface area contributed by atoms with Gasteiger partial charge in [-0.05, 0) is 84.4 Å². The summed E-state index contributed by atoms with van der Waals surface area (Å²) < 4.78 is 20.1. The van der Waals surface area contributed by atoms with Crippen LogP contribution in [0.1, 0.15) is 26.8 Å². The van der Waals surface area contributed by atoms with E-state index in [2.05, 4.69) is 29.7 Å². The molecule has 2 aromatic heterocycles. The third kappa shape index (κ3) is 9.22. The second kappa shape index (κ2) is 18.9. The molecule has 16 heteroatoms. The highest BCUT2D eigenvalue weighted by molar-refractivity contribution is 6.09. The number of para-hydroxylation sites is 1. The zero-order valence-corrected chi connectivity index (χ0v) is 36.7. The number of rotatable bonds is 14. The average molecular weight is 912 g/mol. The summed E-state index contributed by atoms with van der Waals surface area (Å²) in [6.45, 7) is 5.88. The Morgan fingerprint density at radius 2 is 1.53 bits per heavy atom. The Balaban J connectivity index is 0.683. The quantitative estimate of drug-likeness (QED) is 0.0729. The predicted octanol–water partition coefficient (Wildman–Crippen LogP) is 7.29. The minimum absolute atomic E-state index is 0.0409. The first-order valence-corrected chi connectivity index (χ1v) is 22.2. The van der Waals surface area contributed by atoms with Crippen molar-refractivity contribution in [3.63, 3.8) is 0 Å². The number of carboxylic acids is 1. The van der Waals surface area contributed by atoms with Crippen molar-refractivity contribution in [1.29, 1.82) is 0 Å². The Bertz CT molecular complexity index is 3230. The highest BCUT2D eigenvalue weighted by atomic mass is 16.5. The first-order chi connectivity index (χ1) is 33.1. The number of piperazine rings is 1. The van der Waals surface area contributed by atoms with Gasteiger partial charge in [-0.2, -0.15) is 4.98 Å². The molecule has 4 aromatic carbocycles. The lowest BCUT2D eigenvalue weighted by Gasteiger charge is -2.40. The maximum Gasteiger partial charge on any atom is 0.336 e. The van der Waals surface area contributed by atoms with E-state index >= 15 is 0 Å². The molecule has 16 nitrogen and oxygen atoms in total. The zero-order valence-electron chi connectivity index (χ0n) is 36.7. The van der Waals surface area contributed by atoms with Gasteiger partial charge in [-0.3, -0.25) is 24.2 Å². The molecule has 3 aliphatic heterocycles. The number of phenols is 1. The summed E-state index contributed by atoms with van der Waals surface area (Å²) in [6.07, 6.45) is 7.00. The average Bonchev–Trinajstić information content (AvgIpc) is 3.76. The van der Waals surface area contributed by atoms with E-state index in [-0.39, 0.29) is 45.6 Å². The molecule has 0 radical (unpaired) electrons. The topological polar surface area (TPSA) is 193 Å². The van der Waals surface area contributed by atoms with Crippen LogP contribution in [0.2, 0.25) is 0 Å². The largest absolute Gasteiger partial charge is 0.508 e. The number of hydrogen-bond donors (Lipinski definition) is 3. The first-order valence-electron chi connectivity index (χ1n) is 22.2. The number of benzene rings is 5. The molecule has 0 atom stereocenters. The Kier molecular flexibility index (Phi) is 12.1. The standard InChI is InChI=1S/C52H45N7O9/c60-35-9-16-41-45(28-35)68-46-29-36(61)10-17-42(46)48(41)40-15-8-33(27-43(40)52(64)65)50(63)53-19-22-57-25-23-56(24-26-57)20-4-7-47(62)58-30-34(31-58)59-21-18-44-49(59)51(55-32-54-44)67-39-13-11-38(12-14-39)66-37-5-2-1-3-6-37/h1-18,21,27-29,32,34,60H,19-20,22-26,30-31H2,(H,53,63)(H,64,65). The second-order valence-corrected chi connectivity index (χ2v) is 16.7. The van der Waals surface area contributed by atoms with Crippen molar-refractivity contribution in [3.05, 3.63) is 161 Å². The molecule has 2 amide bonds. The van der Waals surface area contributed by atoms with Gasteiger partial charge >= 0.3 is 5.97 Å². The van der Waals surface area contributed by atoms with Crippen LogP contribution in [0.25, 0.3) is 44.5 Å². The number of nitrogens with one attached hydrogen (secondary N) is 1. The molecule has 2 saturated heterocycles. The van der Waals surface area contributed by atoms with Crippen LogP contribution in [0.4, 0.5) is 0 Å². The van der Waals surface area contributed by atoms with Crippen molar-refractivity contribution < 1.29 is 38.5 Å². The second-order valence-electron chi connectivity index (χ2n) is 16.7. The summed E-state index contributed by atoms with van der Waals surface area (Å²) in [5, 5.41) is 23.9. The van der Waals surface area contributed by atoms with Gasteiger partial charge in [0.15, 0.2) is 5.43 Å². The molecule has 10 rings (SSSR count). The number of hydrogen-bond acceptors (Lipinski definition) is 12. The molecule has 1 aliphatic carbocycles. The number of carbonyl (C=O) groups excluding carboxylic acids is 2. The van der Waals surface area contributed by atoms with Crippen LogP contribution in [-0.4, -0.2) is 116 Å². The summed E-state index contributed by atoms with van der Waals surface area (Å²) in [7, 11) is 0. The van der Waals surface area contributed by atoms with E-state index in [9.17, 15) is 29.4 Å². The van der Waals surface area contributed by atoms with Crippen molar-refractivity contribution >= 4 is 39.8 Å². The molecule has 2 fully saturated rings. The number of phenolic OH excluding ortho intramolecular Hbond substituents is 1. The number of likely N-dealkylation sites (tertiary alicyclic amines) is 1. The van der Waals surface area contributed by atoms with E-state index in [1.807, 2.05) is 77.8 Å². The number of fused-ring (bicyclic) bond motifs is 3. The number of aromatic hydroxyl groups is 1. The van der Waals surface area contributed by atoms with E-state index in [1.54, 1.807) is 30.3 Å². The molecule has 0 bridgehead atoms. The van der Waals surface area contributed by atoms with E-state index in [0.717, 1.165) is 43.0 Å². The summed E-state index contributed by atoms with van der Waals surface area (Å²) in [6, 6.07) is 32.2. The van der Waals surface area contributed by atoms with Crippen LogP contribution < -0.4 is 20.2 Å². The Morgan fingerprint density at radius 1 is 0.794 bits per heavy atom. The van der Waals surface area contributed by atoms with Gasteiger partial charge in [0.25, 0.3) is 5.91 Å². The summed E-state index contributed by atoms with van der Waals surface area (Å²) in [5.74, 6) is 0.994. The van der Waals surface area contributed by atoms with Gasteiger partial charge in [0.2, 0.25) is 11.8 Å². The number of ether oxygens (including phenoxy) is 2. The fraction of sp³-hybridized carbons (Fsp3) is 0.192. The van der Waals surface area contributed by atoms with Crippen LogP contribution in [0.15, 0.2) is 149 Å². The zero-order chi connectivity index (χ0) is 46.7. The van der Waals surface area contributed by atoms with Gasteiger partial charge in [-0.25, -0.2) is 9.78 Å². The van der Waals surface area contributed by atoms with Crippen molar-refractivity contribution in [1.82, 2.24) is 34.6 Å². The van der Waals surface area contributed by atoms with Crippen LogP contribution in [0.5, 0.6) is 28.9 Å². The van der Waals surface area contributed by atoms with Crippen LogP contribution in [0, 0.1) is 0 Å². The third-order valence-electron chi connectivity index (χ3n) is 12.3. The Labute approximate surface area is 389 Å². The molecule has 342 valence electrons. The molecule has 4 aliphatic rings. The number of carboxylic acid groups (broad SMARTS) is 1. The van der Waals surface area contributed by atoms with Gasteiger partial charge in [-0.15, -0.1) is 0 Å². The van der Waals surface area contributed by atoms with Crippen molar-refractivity contribution in [2.75, 3.05) is 58.9 Å². The molecule has 3 N–H and O–H groups in total. The number of nitrogens with zero attached hydrogens (tertiary/aromatic N) is 6. The number of aromatic carboxylic acids is 1. The van der Waals surface area contributed by atoms with Crippen molar-refractivity contribution in [2.24, 2.45) is 0 Å². The number of carbonyl (C=O) groups is 3. The molecule has 0 saturated carbocycles. The summed E-state index contributed by atoms with van der Waals surface area (Å²) in [5.41, 5.74) is 2.97. The van der Waals surface area contributed by atoms with Crippen LogP contribution in [-0.2, 0) is 4.79 Å². The summed E-state index contributed by atoms with van der Waals surface area (Å²) >= 11 is 0. The van der Waals surface area contributed by atoms with Gasteiger partial charge in [0.05, 0.1) is 17.1 Å². The van der Waals surface area contributed by atoms with E-state index in [0.29, 0.717) is 72.2 Å². The molecule has 6 aromatic rings. The third-order valence-corrected chi connectivity index (χ3v) is 12.3. The molecule has 68 heavy (non-hydrogen) atoms. The minimum atomic E-state index is -1.23. The fourth-order valence-corrected chi connectivity index (χ4v) is 8.73. The van der Waals surface area contributed by atoms with Gasteiger partial charge in [0.1, 0.15) is 46.2 Å². The van der Waals surface area contributed by atoms with Crippen molar-refractivity contribution in [3.8, 4) is 51.3 Å². The normalized spacial score (nSPS) is 14.7. The predicted molar refractivity (Wildman–Crippen MR) is 254 cm³/mol.